The summed E-state index contributed by atoms with van der Waals surface area (Å²) in [6, 6.07) is 13.1. The maximum Gasteiger partial charge on any atom is 0.232 e. The molecule has 154 valence electrons. The van der Waals surface area contributed by atoms with E-state index in [-0.39, 0.29) is 6.54 Å². The fourth-order valence-electron chi connectivity index (χ4n) is 2.92. The van der Waals surface area contributed by atoms with E-state index < -0.39 is 11.3 Å². The van der Waals surface area contributed by atoms with Gasteiger partial charge in [-0.2, -0.15) is 10.1 Å². The van der Waals surface area contributed by atoms with Crippen LogP contribution in [0.1, 0.15) is 11.3 Å². The zero-order chi connectivity index (χ0) is 21.1. The van der Waals surface area contributed by atoms with Gasteiger partial charge in [-0.3, -0.25) is 9.65 Å². The number of aryl methyl sites for hydroxylation is 1. The minimum Gasteiger partial charge on any atom is -0.339 e. The largest absolute Gasteiger partial charge is 0.339 e. The zero-order valence-electron chi connectivity index (χ0n) is 15.8. The van der Waals surface area contributed by atoms with Gasteiger partial charge in [0.1, 0.15) is 5.02 Å². The molecule has 0 spiro atoms. The van der Waals surface area contributed by atoms with E-state index in [2.05, 4.69) is 35.5 Å². The molecule has 2 heterocycles. The van der Waals surface area contributed by atoms with Gasteiger partial charge in [0.05, 0.1) is 11.7 Å². The number of hydrogen-bond donors (Lipinski definition) is 5. The number of para-hydroxylation sites is 1. The lowest BCUT2D eigenvalue weighted by atomic mass is 10.2. The lowest BCUT2D eigenvalue weighted by Crippen LogP contribution is -2.16. The molecule has 0 fully saturated rings. The highest BCUT2D eigenvalue weighted by molar-refractivity contribution is 7.77. The number of hydrogen-bond acceptors (Lipinski definition) is 6. The normalized spacial score (nSPS) is 12.1. The quantitative estimate of drug-likeness (QED) is 0.273. The van der Waals surface area contributed by atoms with Crippen molar-refractivity contribution < 1.29 is 8.76 Å². The first-order valence-electron chi connectivity index (χ1n) is 8.93. The van der Waals surface area contributed by atoms with Gasteiger partial charge in [0.25, 0.3) is 0 Å². The summed E-state index contributed by atoms with van der Waals surface area (Å²) in [7, 11) is 0. The minimum atomic E-state index is -2.11. The summed E-state index contributed by atoms with van der Waals surface area (Å²) in [5.74, 6) is 0.779. The Balaban J connectivity index is 1.58. The van der Waals surface area contributed by atoms with Gasteiger partial charge in [-0.05, 0) is 36.8 Å². The lowest BCUT2D eigenvalue weighted by Gasteiger charge is -2.13. The second-order valence-corrected chi connectivity index (χ2v) is 7.64. The van der Waals surface area contributed by atoms with Crippen LogP contribution in [0.5, 0.6) is 0 Å². The SMILES string of the molecule is Cc1[nH]nc2ccc(Nc3ncc(Cl)c(Nc4ccccc4CNS(=O)O)n3)cc12. The number of halogens is 1. The van der Waals surface area contributed by atoms with E-state index in [0.29, 0.717) is 22.5 Å². The van der Waals surface area contributed by atoms with Crippen LogP contribution < -0.4 is 15.4 Å². The Bertz CT molecular complexity index is 1230. The Labute approximate surface area is 179 Å². The Kier molecular flexibility index (Phi) is 5.91. The molecule has 5 N–H and O–H groups in total. The number of rotatable bonds is 7. The van der Waals surface area contributed by atoms with Crippen LogP contribution in [0.2, 0.25) is 5.02 Å². The van der Waals surface area contributed by atoms with Gasteiger partial charge in [0.2, 0.25) is 17.2 Å². The number of nitrogens with one attached hydrogen (secondary N) is 4. The van der Waals surface area contributed by atoms with Crippen molar-refractivity contribution in [3.8, 4) is 0 Å². The second kappa shape index (κ2) is 8.76. The lowest BCUT2D eigenvalue weighted by molar-refractivity contribution is 0.549. The molecule has 1 unspecified atom stereocenters. The first-order chi connectivity index (χ1) is 14.5. The topological polar surface area (TPSA) is 128 Å². The summed E-state index contributed by atoms with van der Waals surface area (Å²) in [4.78, 5) is 8.72. The fraction of sp³-hybridized carbons (Fsp3) is 0.105. The Hall–Kier alpha value is -3.05. The molecule has 0 amide bonds. The number of benzene rings is 2. The molecule has 4 aromatic rings. The molecule has 2 aromatic heterocycles. The molecule has 2 aromatic carbocycles. The summed E-state index contributed by atoms with van der Waals surface area (Å²) < 4.78 is 22.4. The molecule has 11 heteroatoms. The average molecular weight is 444 g/mol. The molecule has 9 nitrogen and oxygen atoms in total. The van der Waals surface area contributed by atoms with Crippen molar-refractivity contribution in [2.75, 3.05) is 10.6 Å². The van der Waals surface area contributed by atoms with Crippen LogP contribution in [-0.2, 0) is 17.8 Å². The smallest absolute Gasteiger partial charge is 0.232 e. The monoisotopic (exact) mass is 443 g/mol. The number of fused-ring (bicyclic) bond motifs is 1. The summed E-state index contributed by atoms with van der Waals surface area (Å²) in [5.41, 5.74) is 4.16. The molecule has 0 saturated carbocycles. The van der Waals surface area contributed by atoms with Crippen LogP contribution in [0.3, 0.4) is 0 Å². The van der Waals surface area contributed by atoms with Crippen molar-refractivity contribution in [3.05, 3.63) is 64.9 Å². The summed E-state index contributed by atoms with van der Waals surface area (Å²) in [6.45, 7) is 2.16. The first-order valence-corrected chi connectivity index (χ1v) is 10.4. The number of anilines is 4. The van der Waals surface area contributed by atoms with Gasteiger partial charge in [0, 0.05) is 29.0 Å². The fourth-order valence-corrected chi connectivity index (χ4v) is 3.34. The molecular weight excluding hydrogens is 426 g/mol. The van der Waals surface area contributed by atoms with E-state index in [0.717, 1.165) is 27.8 Å². The zero-order valence-corrected chi connectivity index (χ0v) is 17.4. The molecule has 0 bridgehead atoms. The Morgan fingerprint density at radius 2 is 2.03 bits per heavy atom. The number of H-pyrrole nitrogens is 1. The molecule has 0 aliphatic heterocycles. The summed E-state index contributed by atoms with van der Waals surface area (Å²) >= 11 is 4.17. The summed E-state index contributed by atoms with van der Waals surface area (Å²) in [6.07, 6.45) is 1.50. The predicted molar refractivity (Wildman–Crippen MR) is 118 cm³/mol. The first kappa shape index (κ1) is 20.2. The summed E-state index contributed by atoms with van der Waals surface area (Å²) in [5, 5.41) is 14.9. The number of aromatic nitrogens is 4. The highest BCUT2D eigenvalue weighted by Crippen LogP contribution is 2.27. The van der Waals surface area contributed by atoms with Crippen LogP contribution in [0.25, 0.3) is 10.9 Å². The molecule has 30 heavy (non-hydrogen) atoms. The Morgan fingerprint density at radius 3 is 2.87 bits per heavy atom. The van der Waals surface area contributed by atoms with Crippen molar-refractivity contribution in [1.29, 1.82) is 0 Å². The molecule has 1 atom stereocenters. The van der Waals surface area contributed by atoms with Crippen LogP contribution in [0, 0.1) is 6.92 Å². The van der Waals surface area contributed by atoms with Crippen molar-refractivity contribution in [3.63, 3.8) is 0 Å². The van der Waals surface area contributed by atoms with E-state index in [1.165, 1.54) is 6.20 Å². The van der Waals surface area contributed by atoms with Crippen molar-refractivity contribution >= 4 is 56.9 Å². The van der Waals surface area contributed by atoms with Crippen LogP contribution in [0.15, 0.2) is 48.7 Å². The van der Waals surface area contributed by atoms with Crippen molar-refractivity contribution in [2.45, 2.75) is 13.5 Å². The van der Waals surface area contributed by atoms with E-state index >= 15 is 0 Å². The average Bonchev–Trinajstić information content (AvgIpc) is 3.10. The molecule has 0 aliphatic rings. The van der Waals surface area contributed by atoms with Gasteiger partial charge in [-0.1, -0.05) is 29.8 Å². The highest BCUT2D eigenvalue weighted by Gasteiger charge is 2.10. The van der Waals surface area contributed by atoms with Crippen LogP contribution >= 0.6 is 11.6 Å². The van der Waals surface area contributed by atoms with E-state index in [1.807, 2.05) is 49.4 Å². The van der Waals surface area contributed by atoms with Gasteiger partial charge in [-0.15, -0.1) is 0 Å². The van der Waals surface area contributed by atoms with Gasteiger partial charge >= 0.3 is 0 Å². The third kappa shape index (κ3) is 4.57. The minimum absolute atomic E-state index is 0.199. The molecule has 0 radical (unpaired) electrons. The maximum absolute atomic E-state index is 10.9. The van der Waals surface area contributed by atoms with Gasteiger partial charge in [-0.25, -0.2) is 13.9 Å². The van der Waals surface area contributed by atoms with Crippen molar-refractivity contribution in [1.82, 2.24) is 24.9 Å². The molecule has 4 rings (SSSR count). The van der Waals surface area contributed by atoms with E-state index in [9.17, 15) is 4.21 Å². The predicted octanol–water partition coefficient (Wildman–Crippen LogP) is 4.03. The molecular formula is C19H18ClN7O2S. The van der Waals surface area contributed by atoms with E-state index in [1.54, 1.807) is 0 Å². The van der Waals surface area contributed by atoms with E-state index in [4.69, 9.17) is 16.2 Å². The van der Waals surface area contributed by atoms with Gasteiger partial charge < -0.3 is 10.6 Å². The van der Waals surface area contributed by atoms with Crippen LogP contribution in [0.4, 0.5) is 23.1 Å². The molecule has 0 saturated heterocycles. The molecule has 0 aliphatic carbocycles. The maximum atomic E-state index is 10.9. The number of nitrogens with zero attached hydrogens (tertiary/aromatic N) is 3. The third-order valence-corrected chi connectivity index (χ3v) is 5.07. The standard InChI is InChI=1S/C19H18ClN7O2S/c1-11-14-8-13(6-7-17(14)27-26-11)23-19-21-10-15(20)18(25-19)24-16-5-3-2-4-12(16)9-22-30(28)29/h2-8,10,22H,9H2,1H3,(H,26,27)(H,28,29)(H2,21,23,24,25). The Morgan fingerprint density at radius 1 is 1.20 bits per heavy atom. The second-order valence-electron chi connectivity index (χ2n) is 6.45. The third-order valence-electron chi connectivity index (χ3n) is 4.40. The highest BCUT2D eigenvalue weighted by atomic mass is 35.5. The van der Waals surface area contributed by atoms with Gasteiger partial charge in [0.15, 0.2) is 5.82 Å². The van der Waals surface area contributed by atoms with Crippen LogP contribution in [-0.4, -0.2) is 28.9 Å². The number of aromatic amines is 1. The van der Waals surface area contributed by atoms with Crippen molar-refractivity contribution in [2.24, 2.45) is 0 Å².